The molecule has 2 heterocycles. The number of benzene rings is 2. The summed E-state index contributed by atoms with van der Waals surface area (Å²) in [6.07, 6.45) is -4.51. The summed E-state index contributed by atoms with van der Waals surface area (Å²) >= 11 is 0. The minimum absolute atomic E-state index is 0.000257. The van der Waals surface area contributed by atoms with E-state index in [0.29, 0.717) is 36.4 Å². The van der Waals surface area contributed by atoms with Crippen LogP contribution in [-0.4, -0.2) is 51.1 Å². The van der Waals surface area contributed by atoms with Crippen molar-refractivity contribution in [3.05, 3.63) is 71.5 Å². The van der Waals surface area contributed by atoms with Gasteiger partial charge in [-0.2, -0.15) is 13.2 Å². The molecule has 1 aliphatic rings. The molecule has 2 aromatic carbocycles. The molecular formula is C24H22F3N5O4. The number of halogens is 3. The molecule has 4 rings (SSSR count). The third-order valence-electron chi connectivity index (χ3n) is 5.57. The molecule has 1 aromatic heterocycles. The number of hydrogen-bond acceptors (Lipinski definition) is 7. The zero-order chi connectivity index (χ0) is 25.9. The van der Waals surface area contributed by atoms with Crippen molar-refractivity contribution in [2.24, 2.45) is 5.73 Å². The summed E-state index contributed by atoms with van der Waals surface area (Å²) in [5, 5.41) is 12.6. The van der Waals surface area contributed by atoms with E-state index in [1.165, 1.54) is 18.2 Å². The van der Waals surface area contributed by atoms with Gasteiger partial charge < -0.3 is 20.9 Å². The number of carbonyl (C=O) groups is 2. The van der Waals surface area contributed by atoms with Crippen LogP contribution in [0.4, 0.5) is 13.2 Å². The molecule has 1 aliphatic heterocycles. The molecule has 1 fully saturated rings. The van der Waals surface area contributed by atoms with Gasteiger partial charge >= 0.3 is 6.18 Å². The van der Waals surface area contributed by atoms with Gasteiger partial charge in [0.1, 0.15) is 17.2 Å². The molecule has 0 bridgehead atoms. The maximum Gasteiger partial charge on any atom is 0.416 e. The Morgan fingerprint density at radius 2 is 1.78 bits per heavy atom. The van der Waals surface area contributed by atoms with Crippen molar-refractivity contribution in [1.29, 1.82) is 0 Å². The molecule has 0 spiro atoms. The fourth-order valence-corrected chi connectivity index (χ4v) is 3.87. The number of carbonyl (C=O) groups excluding carboxylic acids is 2. The van der Waals surface area contributed by atoms with Crippen molar-refractivity contribution in [2.45, 2.75) is 31.4 Å². The number of aliphatic hydroxyl groups excluding tert-OH is 1. The standard InChI is InChI=1S/C24H22F3N5O4/c25-24(26,27)15-3-7-19(8-4-15)36-18-5-1-14(2-6-18)23-30-16(9-20(31-23)22(28)35)11-32-12-17(34)10-21(32)29-13-33/h1-9,13,17,21,34H,10-12H2,(H2,28,35)(H,29,33)/t17-,21+/m1/s1. The molecule has 1 saturated heterocycles. The lowest BCUT2D eigenvalue weighted by Gasteiger charge is -2.23. The molecule has 0 unspecified atom stereocenters. The van der Waals surface area contributed by atoms with Crippen molar-refractivity contribution >= 4 is 12.3 Å². The first-order chi connectivity index (χ1) is 17.1. The molecule has 0 saturated carbocycles. The van der Waals surface area contributed by atoms with E-state index in [4.69, 9.17) is 10.5 Å². The molecule has 3 aromatic rings. The number of aliphatic hydroxyl groups is 1. The molecule has 12 heteroatoms. The topological polar surface area (TPSA) is 131 Å². The van der Waals surface area contributed by atoms with Gasteiger partial charge in [-0.1, -0.05) is 0 Å². The summed E-state index contributed by atoms with van der Waals surface area (Å²) in [6.45, 7) is 0.542. The number of likely N-dealkylation sites (tertiary alicyclic amines) is 1. The van der Waals surface area contributed by atoms with E-state index in [-0.39, 0.29) is 30.0 Å². The first-order valence-corrected chi connectivity index (χ1v) is 10.9. The SMILES string of the molecule is NC(=O)c1cc(CN2C[C@H](O)C[C@H]2NC=O)nc(-c2ccc(Oc3ccc(C(F)(F)F)cc3)cc2)n1. The number of ether oxygens (including phenoxy) is 1. The predicted octanol–water partition coefficient (Wildman–Crippen LogP) is 2.69. The number of hydrogen-bond donors (Lipinski definition) is 3. The van der Waals surface area contributed by atoms with Crippen molar-refractivity contribution in [3.8, 4) is 22.9 Å². The summed E-state index contributed by atoms with van der Waals surface area (Å²) in [7, 11) is 0. The molecule has 4 N–H and O–H groups in total. The highest BCUT2D eigenvalue weighted by Gasteiger charge is 2.31. The quantitative estimate of drug-likeness (QED) is 0.405. The van der Waals surface area contributed by atoms with Crippen LogP contribution in [0.3, 0.4) is 0 Å². The number of nitrogens with zero attached hydrogens (tertiary/aromatic N) is 3. The molecular weight excluding hydrogens is 479 g/mol. The van der Waals surface area contributed by atoms with Gasteiger partial charge in [0, 0.05) is 25.1 Å². The molecule has 9 nitrogen and oxygen atoms in total. The highest BCUT2D eigenvalue weighted by atomic mass is 19.4. The zero-order valence-corrected chi connectivity index (χ0v) is 18.8. The van der Waals surface area contributed by atoms with Crippen molar-refractivity contribution < 1.29 is 32.6 Å². The maximum atomic E-state index is 12.7. The number of aromatic nitrogens is 2. The average molecular weight is 501 g/mol. The van der Waals surface area contributed by atoms with E-state index in [2.05, 4.69) is 15.3 Å². The average Bonchev–Trinajstić information content (AvgIpc) is 3.17. The summed E-state index contributed by atoms with van der Waals surface area (Å²) < 4.78 is 43.8. The molecule has 0 radical (unpaired) electrons. The van der Waals surface area contributed by atoms with Crippen LogP contribution < -0.4 is 15.8 Å². The number of amides is 2. The van der Waals surface area contributed by atoms with E-state index in [1.807, 2.05) is 4.90 Å². The smallest absolute Gasteiger partial charge is 0.416 e. The van der Waals surface area contributed by atoms with E-state index in [9.17, 15) is 27.9 Å². The van der Waals surface area contributed by atoms with Gasteiger partial charge in [0.2, 0.25) is 6.41 Å². The summed E-state index contributed by atoms with van der Waals surface area (Å²) in [5.74, 6) is 0.0862. The second kappa shape index (κ2) is 10.3. The fourth-order valence-electron chi connectivity index (χ4n) is 3.87. The highest BCUT2D eigenvalue weighted by molar-refractivity contribution is 5.91. The normalized spacial score (nSPS) is 18.1. The van der Waals surface area contributed by atoms with Gasteiger partial charge in [-0.15, -0.1) is 0 Å². The van der Waals surface area contributed by atoms with Gasteiger partial charge in [0.05, 0.1) is 23.5 Å². The van der Waals surface area contributed by atoms with Crippen LogP contribution in [0.1, 0.15) is 28.2 Å². The van der Waals surface area contributed by atoms with Crippen LogP contribution in [0.25, 0.3) is 11.4 Å². The van der Waals surface area contributed by atoms with Crippen LogP contribution in [-0.2, 0) is 17.5 Å². The van der Waals surface area contributed by atoms with Gasteiger partial charge in [0.15, 0.2) is 5.82 Å². The number of alkyl halides is 3. The second-order valence-electron chi connectivity index (χ2n) is 8.20. The number of nitrogens with two attached hydrogens (primary N) is 1. The van der Waals surface area contributed by atoms with Crippen LogP contribution in [0.15, 0.2) is 54.6 Å². The Morgan fingerprint density at radius 1 is 1.14 bits per heavy atom. The Hall–Kier alpha value is -4.03. The Labute approximate surface area is 203 Å². The van der Waals surface area contributed by atoms with Gasteiger partial charge in [-0.3, -0.25) is 14.5 Å². The number of rotatable bonds is 8. The van der Waals surface area contributed by atoms with Gasteiger partial charge in [0.25, 0.3) is 5.91 Å². The van der Waals surface area contributed by atoms with Crippen molar-refractivity contribution in [3.63, 3.8) is 0 Å². The van der Waals surface area contributed by atoms with Crippen LogP contribution in [0, 0.1) is 0 Å². The molecule has 188 valence electrons. The third-order valence-corrected chi connectivity index (χ3v) is 5.57. The van der Waals surface area contributed by atoms with Crippen LogP contribution >= 0.6 is 0 Å². The van der Waals surface area contributed by atoms with E-state index in [0.717, 1.165) is 12.1 Å². The Bertz CT molecular complexity index is 1240. The largest absolute Gasteiger partial charge is 0.457 e. The van der Waals surface area contributed by atoms with Gasteiger partial charge in [-0.25, -0.2) is 9.97 Å². The monoisotopic (exact) mass is 501 g/mol. The maximum absolute atomic E-state index is 12.7. The lowest BCUT2D eigenvalue weighted by Crippen LogP contribution is -2.40. The minimum atomic E-state index is -4.43. The molecule has 0 aliphatic carbocycles. The first kappa shape index (κ1) is 25.1. The summed E-state index contributed by atoms with van der Waals surface area (Å²) in [5.41, 5.74) is 5.68. The van der Waals surface area contributed by atoms with Crippen LogP contribution in [0.2, 0.25) is 0 Å². The van der Waals surface area contributed by atoms with Crippen molar-refractivity contribution in [1.82, 2.24) is 20.2 Å². The number of primary amides is 1. The Balaban J connectivity index is 1.53. The van der Waals surface area contributed by atoms with Gasteiger partial charge in [-0.05, 0) is 54.6 Å². The van der Waals surface area contributed by atoms with E-state index < -0.39 is 23.8 Å². The minimum Gasteiger partial charge on any atom is -0.457 e. The third kappa shape index (κ3) is 5.96. The molecule has 2 atom stereocenters. The lowest BCUT2D eigenvalue weighted by atomic mass is 10.2. The number of nitrogens with one attached hydrogen (secondary N) is 1. The second-order valence-corrected chi connectivity index (χ2v) is 8.20. The first-order valence-electron chi connectivity index (χ1n) is 10.9. The van der Waals surface area contributed by atoms with E-state index in [1.54, 1.807) is 24.3 Å². The molecule has 36 heavy (non-hydrogen) atoms. The predicted molar refractivity (Wildman–Crippen MR) is 122 cm³/mol. The highest BCUT2D eigenvalue weighted by Crippen LogP contribution is 2.32. The Morgan fingerprint density at radius 3 is 2.36 bits per heavy atom. The van der Waals surface area contributed by atoms with E-state index >= 15 is 0 Å². The number of β-amino-alcohol motifs (C(OH)–C–C–N with tert-alkyl or cyclic N) is 1. The Kier molecular flexibility index (Phi) is 7.17. The summed E-state index contributed by atoms with van der Waals surface area (Å²) in [4.78, 5) is 33.3. The lowest BCUT2D eigenvalue weighted by molar-refractivity contribution is -0.137. The van der Waals surface area contributed by atoms with Crippen molar-refractivity contribution in [2.75, 3.05) is 6.54 Å². The summed E-state index contributed by atoms with van der Waals surface area (Å²) in [6, 6.07) is 12.2. The van der Waals surface area contributed by atoms with Crippen LogP contribution in [0.5, 0.6) is 11.5 Å². The zero-order valence-electron chi connectivity index (χ0n) is 18.8. The fraction of sp³-hybridized carbons (Fsp3) is 0.250. The molecule has 2 amide bonds.